The van der Waals surface area contributed by atoms with E-state index in [0.717, 1.165) is 0 Å². The summed E-state index contributed by atoms with van der Waals surface area (Å²) in [5.41, 5.74) is 1.73. The average molecular weight is 314 g/mol. The summed E-state index contributed by atoms with van der Waals surface area (Å²) in [6, 6.07) is 5.38. The van der Waals surface area contributed by atoms with Crippen LogP contribution < -0.4 is 5.32 Å². The van der Waals surface area contributed by atoms with Crippen molar-refractivity contribution >= 4 is 11.9 Å². The standard InChI is InChI=1S/C16H15FN4O2/c1-3-8-23-15(22)13-10(2)20-16-18-9-19-21(16)14(13)11-4-6-12(17)7-5-11/h3-7,9,14H,1,8H2,2H3,(H,18,19,20)/t14-/m0/s1. The van der Waals surface area contributed by atoms with Gasteiger partial charge in [0.1, 0.15) is 24.8 Å². The van der Waals surface area contributed by atoms with Crippen molar-refractivity contribution in [3.05, 3.63) is 65.9 Å². The first-order chi connectivity index (χ1) is 11.1. The van der Waals surface area contributed by atoms with E-state index >= 15 is 0 Å². The largest absolute Gasteiger partial charge is 0.458 e. The minimum absolute atomic E-state index is 0.107. The normalized spacial score (nSPS) is 16.5. The molecule has 1 aliphatic rings. The number of hydrogen-bond acceptors (Lipinski definition) is 5. The van der Waals surface area contributed by atoms with Crippen LogP contribution in [0.2, 0.25) is 0 Å². The number of fused-ring (bicyclic) bond motifs is 1. The molecule has 0 unspecified atom stereocenters. The first kappa shape index (κ1) is 15.0. The molecule has 0 aliphatic carbocycles. The lowest BCUT2D eigenvalue weighted by Crippen LogP contribution is -2.29. The molecule has 0 fully saturated rings. The lowest BCUT2D eigenvalue weighted by Gasteiger charge is -2.28. The summed E-state index contributed by atoms with van der Waals surface area (Å²) in [5, 5.41) is 7.20. The van der Waals surface area contributed by atoms with E-state index in [2.05, 4.69) is 22.0 Å². The Morgan fingerprint density at radius 2 is 2.22 bits per heavy atom. The highest BCUT2D eigenvalue weighted by atomic mass is 19.1. The predicted octanol–water partition coefficient (Wildman–Crippen LogP) is 2.44. The number of allylic oxidation sites excluding steroid dienone is 1. The van der Waals surface area contributed by atoms with Crippen LogP contribution in [0, 0.1) is 5.82 Å². The zero-order chi connectivity index (χ0) is 16.4. The van der Waals surface area contributed by atoms with Gasteiger partial charge in [0.25, 0.3) is 0 Å². The zero-order valence-corrected chi connectivity index (χ0v) is 12.5. The van der Waals surface area contributed by atoms with E-state index in [4.69, 9.17) is 4.74 Å². The van der Waals surface area contributed by atoms with Gasteiger partial charge in [0.2, 0.25) is 5.95 Å². The monoisotopic (exact) mass is 314 g/mol. The third-order valence-electron chi connectivity index (χ3n) is 3.53. The second kappa shape index (κ2) is 6.04. The van der Waals surface area contributed by atoms with Crippen molar-refractivity contribution in [1.82, 2.24) is 14.8 Å². The van der Waals surface area contributed by atoms with Crippen LogP contribution >= 0.6 is 0 Å². The molecule has 6 nitrogen and oxygen atoms in total. The van der Waals surface area contributed by atoms with Crippen molar-refractivity contribution in [2.45, 2.75) is 13.0 Å². The number of benzene rings is 1. The number of ether oxygens (including phenoxy) is 1. The van der Waals surface area contributed by atoms with Crippen molar-refractivity contribution in [1.29, 1.82) is 0 Å². The number of esters is 1. The van der Waals surface area contributed by atoms with Gasteiger partial charge in [-0.1, -0.05) is 24.8 Å². The second-order valence-electron chi connectivity index (χ2n) is 5.03. The van der Waals surface area contributed by atoms with Crippen LogP contribution in [0.4, 0.5) is 10.3 Å². The van der Waals surface area contributed by atoms with Gasteiger partial charge in [-0.15, -0.1) is 0 Å². The van der Waals surface area contributed by atoms with Gasteiger partial charge in [0.05, 0.1) is 5.57 Å². The van der Waals surface area contributed by atoms with Gasteiger partial charge in [-0.3, -0.25) is 0 Å². The van der Waals surface area contributed by atoms with E-state index in [1.54, 1.807) is 23.7 Å². The molecule has 0 saturated heterocycles. The Bertz CT molecular complexity index is 780. The molecule has 1 aromatic heterocycles. The number of nitrogens with one attached hydrogen (secondary N) is 1. The van der Waals surface area contributed by atoms with E-state index in [1.165, 1.54) is 24.5 Å². The van der Waals surface area contributed by atoms with E-state index in [1.807, 2.05) is 0 Å². The Labute approximate surface area is 132 Å². The first-order valence-corrected chi connectivity index (χ1v) is 7.02. The number of halogens is 1. The fourth-order valence-corrected chi connectivity index (χ4v) is 2.52. The summed E-state index contributed by atoms with van der Waals surface area (Å²) in [7, 11) is 0. The van der Waals surface area contributed by atoms with Crippen LogP contribution in [0.15, 0.2) is 54.5 Å². The van der Waals surface area contributed by atoms with Crippen LogP contribution in [0.1, 0.15) is 18.5 Å². The molecule has 2 aromatic rings. The molecule has 0 saturated carbocycles. The maximum Gasteiger partial charge on any atom is 0.338 e. The fraction of sp³-hybridized carbons (Fsp3) is 0.188. The predicted molar refractivity (Wildman–Crippen MR) is 82.0 cm³/mol. The molecule has 0 spiro atoms. The molecule has 1 atom stereocenters. The van der Waals surface area contributed by atoms with Crippen LogP contribution in [0.3, 0.4) is 0 Å². The topological polar surface area (TPSA) is 69.0 Å². The van der Waals surface area contributed by atoms with E-state index < -0.39 is 12.0 Å². The molecule has 3 rings (SSSR count). The number of nitrogens with zero attached hydrogens (tertiary/aromatic N) is 3. The molecule has 7 heteroatoms. The van der Waals surface area contributed by atoms with Gasteiger partial charge < -0.3 is 10.1 Å². The van der Waals surface area contributed by atoms with Crippen molar-refractivity contribution < 1.29 is 13.9 Å². The summed E-state index contributed by atoms with van der Waals surface area (Å²) in [6.07, 6.45) is 2.89. The summed E-state index contributed by atoms with van der Waals surface area (Å²) in [5.74, 6) is -0.319. The minimum atomic E-state index is -0.535. The van der Waals surface area contributed by atoms with Crippen molar-refractivity contribution in [2.75, 3.05) is 11.9 Å². The Kier molecular flexibility index (Phi) is 3.92. The van der Waals surface area contributed by atoms with E-state index in [0.29, 0.717) is 22.8 Å². The minimum Gasteiger partial charge on any atom is -0.458 e. The third kappa shape index (κ3) is 2.73. The van der Waals surface area contributed by atoms with Crippen molar-refractivity contribution in [3.63, 3.8) is 0 Å². The molecule has 1 N–H and O–H groups in total. The smallest absolute Gasteiger partial charge is 0.338 e. The van der Waals surface area contributed by atoms with Crippen LogP contribution in [-0.4, -0.2) is 27.3 Å². The fourth-order valence-electron chi connectivity index (χ4n) is 2.52. The van der Waals surface area contributed by atoms with E-state index in [-0.39, 0.29) is 12.4 Å². The summed E-state index contributed by atoms with van der Waals surface area (Å²) < 4.78 is 20.0. The van der Waals surface area contributed by atoms with Crippen LogP contribution in [-0.2, 0) is 9.53 Å². The lowest BCUT2D eigenvalue weighted by atomic mass is 9.96. The molecule has 2 heterocycles. The maximum absolute atomic E-state index is 13.2. The van der Waals surface area contributed by atoms with Crippen LogP contribution in [0.5, 0.6) is 0 Å². The summed E-state index contributed by atoms with van der Waals surface area (Å²) in [4.78, 5) is 16.6. The van der Waals surface area contributed by atoms with Crippen molar-refractivity contribution in [3.8, 4) is 0 Å². The summed E-state index contributed by atoms with van der Waals surface area (Å²) in [6.45, 7) is 5.40. The highest BCUT2D eigenvalue weighted by Crippen LogP contribution is 2.35. The average Bonchev–Trinajstić information content (AvgIpc) is 3.00. The van der Waals surface area contributed by atoms with Gasteiger partial charge in [-0.25, -0.2) is 13.9 Å². The highest BCUT2D eigenvalue weighted by molar-refractivity contribution is 5.92. The Balaban J connectivity index is 2.08. The van der Waals surface area contributed by atoms with Gasteiger partial charge in [0, 0.05) is 5.70 Å². The molecule has 23 heavy (non-hydrogen) atoms. The zero-order valence-electron chi connectivity index (χ0n) is 12.5. The van der Waals surface area contributed by atoms with Gasteiger partial charge in [0.15, 0.2) is 0 Å². The number of carbonyl (C=O) groups excluding carboxylic acids is 1. The quantitative estimate of drug-likeness (QED) is 0.693. The summed E-state index contributed by atoms with van der Waals surface area (Å²) >= 11 is 0. The van der Waals surface area contributed by atoms with Gasteiger partial charge in [-0.05, 0) is 24.6 Å². The lowest BCUT2D eigenvalue weighted by molar-refractivity contribution is -0.138. The molecule has 1 aromatic carbocycles. The first-order valence-electron chi connectivity index (χ1n) is 7.02. The maximum atomic E-state index is 13.2. The SMILES string of the molecule is C=CCOC(=O)C1=C(C)Nc2ncnn2[C@H]1c1ccc(F)cc1. The highest BCUT2D eigenvalue weighted by Gasteiger charge is 2.34. The molecule has 1 aliphatic heterocycles. The Morgan fingerprint density at radius 3 is 2.91 bits per heavy atom. The van der Waals surface area contributed by atoms with Gasteiger partial charge in [-0.2, -0.15) is 10.1 Å². The molecular weight excluding hydrogens is 299 g/mol. The van der Waals surface area contributed by atoms with Gasteiger partial charge >= 0.3 is 5.97 Å². The molecule has 0 bridgehead atoms. The third-order valence-corrected chi connectivity index (χ3v) is 3.53. The molecular formula is C16H15FN4O2. The van der Waals surface area contributed by atoms with E-state index in [9.17, 15) is 9.18 Å². The molecule has 0 amide bonds. The van der Waals surface area contributed by atoms with Crippen molar-refractivity contribution in [2.24, 2.45) is 0 Å². The number of carbonyl (C=O) groups is 1. The number of hydrogen-bond donors (Lipinski definition) is 1. The van der Waals surface area contributed by atoms with Crippen LogP contribution in [0.25, 0.3) is 0 Å². The molecule has 0 radical (unpaired) electrons. The molecule has 118 valence electrons. The number of rotatable bonds is 4. The number of anilines is 1. The Morgan fingerprint density at radius 1 is 1.48 bits per heavy atom. The number of aromatic nitrogens is 3. The Hall–Kier alpha value is -2.96. The second-order valence-corrected chi connectivity index (χ2v) is 5.03.